The van der Waals surface area contributed by atoms with Crippen molar-refractivity contribution in [2.45, 2.75) is 11.2 Å². The van der Waals surface area contributed by atoms with E-state index in [-0.39, 0.29) is 17.2 Å². The fourth-order valence-corrected chi connectivity index (χ4v) is 2.47. The van der Waals surface area contributed by atoms with E-state index in [2.05, 4.69) is 20.3 Å². The molecule has 0 amide bonds. The summed E-state index contributed by atoms with van der Waals surface area (Å²) in [5.74, 6) is -1.35. The van der Waals surface area contributed by atoms with Crippen LogP contribution in [0.3, 0.4) is 0 Å². The predicted octanol–water partition coefficient (Wildman–Crippen LogP) is 2.00. The van der Waals surface area contributed by atoms with Crippen LogP contribution in [0.2, 0.25) is 0 Å². The van der Waals surface area contributed by atoms with Gasteiger partial charge in [-0.2, -0.15) is 26.3 Å². The summed E-state index contributed by atoms with van der Waals surface area (Å²) >= 11 is 0. The summed E-state index contributed by atoms with van der Waals surface area (Å²) in [6, 6.07) is 7.91. The van der Waals surface area contributed by atoms with Gasteiger partial charge in [-0.1, -0.05) is 0 Å². The zero-order valence-electron chi connectivity index (χ0n) is 13.4. The zero-order chi connectivity index (χ0) is 19.8. The van der Waals surface area contributed by atoms with Gasteiger partial charge in [-0.25, -0.2) is 4.98 Å². The normalized spacial score (nSPS) is 12.2. The Labute approximate surface area is 150 Å². The minimum atomic E-state index is -4.81. The molecule has 0 spiro atoms. The van der Waals surface area contributed by atoms with Gasteiger partial charge in [-0.15, -0.1) is 15.3 Å². The largest absolute Gasteiger partial charge is 0.497 e. The van der Waals surface area contributed by atoms with Crippen LogP contribution >= 0.6 is 0 Å². The van der Waals surface area contributed by atoms with Crippen molar-refractivity contribution in [3.05, 3.63) is 42.2 Å². The second kappa shape index (κ2) is 6.59. The molecule has 0 saturated carbocycles. The highest BCUT2D eigenvalue weighted by molar-refractivity contribution is 7.85. The molecule has 142 valence electrons. The topological polar surface area (TPSA) is 120 Å². The number of alkyl halides is 3. The Morgan fingerprint density at radius 1 is 1.07 bits per heavy atom. The molecule has 0 unspecified atom stereocenters. The molecule has 0 bridgehead atoms. The maximum absolute atomic E-state index is 13.0. The lowest BCUT2D eigenvalue weighted by atomic mass is 10.2. The summed E-state index contributed by atoms with van der Waals surface area (Å²) in [6.07, 6.45) is -4.81. The van der Waals surface area contributed by atoms with Crippen molar-refractivity contribution in [3.8, 4) is 23.0 Å². The van der Waals surface area contributed by atoms with Gasteiger partial charge in [0.05, 0.1) is 7.11 Å². The molecule has 2 heterocycles. The number of ether oxygens (including phenoxy) is 1. The van der Waals surface area contributed by atoms with Crippen LogP contribution < -0.4 is 4.74 Å². The Balaban J connectivity index is 2.14. The van der Waals surface area contributed by atoms with Gasteiger partial charge in [0.1, 0.15) is 5.75 Å². The van der Waals surface area contributed by atoms with E-state index in [0.717, 1.165) is 16.8 Å². The van der Waals surface area contributed by atoms with Crippen molar-refractivity contribution in [2.24, 2.45) is 0 Å². The van der Waals surface area contributed by atoms with Gasteiger partial charge >= 0.3 is 16.3 Å². The van der Waals surface area contributed by atoms with E-state index >= 15 is 0 Å². The van der Waals surface area contributed by atoms with Gasteiger partial charge in [0.2, 0.25) is 5.03 Å². The standard InChI is InChI=1S/C14H10F3N5O4S/c1-26-9-4-2-8(3-5-9)12-18-13(14(15,16)17)21-22(12)10-6-7-11(20-19-10)27(23,24)25/h2-7H,1H3,(H,23,24,25). The van der Waals surface area contributed by atoms with Crippen molar-refractivity contribution >= 4 is 10.1 Å². The summed E-state index contributed by atoms with van der Waals surface area (Å²) in [5, 5.41) is 9.43. The molecule has 27 heavy (non-hydrogen) atoms. The molecule has 0 fully saturated rings. The number of halogens is 3. The number of nitrogens with zero attached hydrogens (tertiary/aromatic N) is 5. The molecule has 0 aliphatic carbocycles. The van der Waals surface area contributed by atoms with Gasteiger partial charge in [0.15, 0.2) is 11.6 Å². The fourth-order valence-electron chi connectivity index (χ4n) is 2.08. The van der Waals surface area contributed by atoms with E-state index < -0.39 is 27.1 Å². The molecule has 0 radical (unpaired) electrons. The van der Waals surface area contributed by atoms with E-state index in [0.29, 0.717) is 5.75 Å². The Morgan fingerprint density at radius 2 is 1.74 bits per heavy atom. The summed E-state index contributed by atoms with van der Waals surface area (Å²) in [7, 11) is -3.17. The van der Waals surface area contributed by atoms with Crippen LogP contribution in [0.25, 0.3) is 17.2 Å². The van der Waals surface area contributed by atoms with Crippen molar-refractivity contribution in [3.63, 3.8) is 0 Å². The SMILES string of the molecule is COc1ccc(-c2nc(C(F)(F)F)nn2-c2ccc(S(=O)(=O)O)nn2)cc1. The van der Waals surface area contributed by atoms with Crippen molar-refractivity contribution in [1.29, 1.82) is 0 Å². The maximum atomic E-state index is 13.0. The average molecular weight is 401 g/mol. The molecular weight excluding hydrogens is 391 g/mol. The van der Waals surface area contributed by atoms with Crippen molar-refractivity contribution in [1.82, 2.24) is 25.0 Å². The number of benzene rings is 1. The van der Waals surface area contributed by atoms with Crippen molar-refractivity contribution in [2.75, 3.05) is 7.11 Å². The van der Waals surface area contributed by atoms with Gasteiger partial charge in [0.25, 0.3) is 5.82 Å². The highest BCUT2D eigenvalue weighted by atomic mass is 32.2. The molecule has 3 rings (SSSR count). The van der Waals surface area contributed by atoms with Crippen LogP contribution in [0.1, 0.15) is 5.82 Å². The molecule has 0 aliphatic heterocycles. The smallest absolute Gasteiger partial charge is 0.453 e. The lowest BCUT2D eigenvalue weighted by Crippen LogP contribution is -2.10. The van der Waals surface area contributed by atoms with Gasteiger partial charge in [0, 0.05) is 5.56 Å². The zero-order valence-corrected chi connectivity index (χ0v) is 14.2. The molecule has 3 aromatic rings. The molecule has 0 atom stereocenters. The van der Waals surface area contributed by atoms with E-state index in [1.807, 2.05) is 0 Å². The number of hydrogen-bond donors (Lipinski definition) is 1. The highest BCUT2D eigenvalue weighted by Gasteiger charge is 2.37. The summed E-state index contributed by atoms with van der Waals surface area (Å²) in [6.45, 7) is 0. The molecule has 0 aliphatic rings. The summed E-state index contributed by atoms with van der Waals surface area (Å²) in [5.41, 5.74) is 0.277. The maximum Gasteiger partial charge on any atom is 0.453 e. The molecule has 1 aromatic carbocycles. The van der Waals surface area contributed by atoms with Gasteiger partial charge in [-0.3, -0.25) is 4.55 Å². The molecule has 9 nitrogen and oxygen atoms in total. The third kappa shape index (κ3) is 3.88. The molecule has 1 N–H and O–H groups in total. The second-order valence-electron chi connectivity index (χ2n) is 5.10. The number of rotatable bonds is 4. The molecule has 13 heteroatoms. The van der Waals surface area contributed by atoms with E-state index in [1.54, 1.807) is 0 Å². The Bertz CT molecular complexity index is 1060. The quantitative estimate of drug-likeness (QED) is 0.659. The van der Waals surface area contributed by atoms with Crippen LogP contribution in [0.4, 0.5) is 13.2 Å². The lowest BCUT2D eigenvalue weighted by Gasteiger charge is -2.06. The first kappa shape index (κ1) is 18.7. The van der Waals surface area contributed by atoms with E-state index in [4.69, 9.17) is 9.29 Å². The highest BCUT2D eigenvalue weighted by Crippen LogP contribution is 2.30. The van der Waals surface area contributed by atoms with E-state index in [9.17, 15) is 21.6 Å². The van der Waals surface area contributed by atoms with Gasteiger partial charge in [-0.05, 0) is 36.4 Å². The number of methoxy groups -OCH3 is 1. The average Bonchev–Trinajstić information content (AvgIpc) is 3.07. The Morgan fingerprint density at radius 3 is 2.22 bits per heavy atom. The van der Waals surface area contributed by atoms with Gasteiger partial charge < -0.3 is 4.74 Å². The van der Waals surface area contributed by atoms with E-state index in [1.165, 1.54) is 31.4 Å². The third-order valence-electron chi connectivity index (χ3n) is 3.32. The first-order valence-corrected chi connectivity index (χ1v) is 8.54. The minimum absolute atomic E-state index is 0.195. The van der Waals surface area contributed by atoms with Crippen LogP contribution in [-0.2, 0) is 16.3 Å². The van der Waals surface area contributed by atoms with Crippen molar-refractivity contribution < 1.29 is 30.9 Å². The Hall–Kier alpha value is -3.06. The lowest BCUT2D eigenvalue weighted by molar-refractivity contribution is -0.144. The number of aromatic nitrogens is 5. The van der Waals surface area contributed by atoms with Crippen LogP contribution in [0, 0.1) is 0 Å². The van der Waals surface area contributed by atoms with Crippen LogP contribution in [-0.4, -0.2) is 45.0 Å². The molecular formula is C14H10F3N5O4S. The molecule has 0 saturated heterocycles. The first-order chi connectivity index (χ1) is 12.6. The predicted molar refractivity (Wildman–Crippen MR) is 83.8 cm³/mol. The number of hydrogen-bond acceptors (Lipinski definition) is 7. The monoisotopic (exact) mass is 401 g/mol. The van der Waals surface area contributed by atoms with Crippen LogP contribution in [0.5, 0.6) is 5.75 Å². The summed E-state index contributed by atoms with van der Waals surface area (Å²) in [4.78, 5) is 3.51. The van der Waals surface area contributed by atoms with Crippen LogP contribution in [0.15, 0.2) is 41.4 Å². The first-order valence-electron chi connectivity index (χ1n) is 7.10. The third-order valence-corrected chi connectivity index (χ3v) is 4.06. The Kier molecular flexibility index (Phi) is 4.57. The fraction of sp³-hybridized carbons (Fsp3) is 0.143. The summed E-state index contributed by atoms with van der Waals surface area (Å²) < 4.78 is 75.9. The second-order valence-corrected chi connectivity index (χ2v) is 6.47. The minimum Gasteiger partial charge on any atom is -0.497 e. The molecule has 2 aromatic heterocycles.